The molecule has 1 amide bonds. The molecule has 0 saturated carbocycles. The van der Waals surface area contributed by atoms with Crippen molar-refractivity contribution in [3.63, 3.8) is 0 Å². The van der Waals surface area contributed by atoms with Gasteiger partial charge in [0.05, 0.1) is 12.0 Å². The van der Waals surface area contributed by atoms with Crippen LogP contribution in [-0.4, -0.2) is 33.3 Å². The molecule has 0 aliphatic carbocycles. The third kappa shape index (κ3) is 7.06. The number of hydrogen-bond donors (Lipinski definition) is 1. The average Bonchev–Trinajstić information content (AvgIpc) is 3.50. The summed E-state index contributed by atoms with van der Waals surface area (Å²) < 4.78 is 13.2. The molecular formula is C37H37N3O4. The van der Waals surface area contributed by atoms with Gasteiger partial charge in [-0.15, -0.1) is 0 Å². The fraction of sp³-hybridized carbons (Fsp3) is 0.216. The Morgan fingerprint density at radius 3 is 1.70 bits per heavy atom. The van der Waals surface area contributed by atoms with Crippen molar-refractivity contribution < 1.29 is 19.1 Å². The van der Waals surface area contributed by atoms with Crippen LogP contribution in [0.4, 0.5) is 4.79 Å². The molecule has 1 atom stereocenters. The normalized spacial score (nSPS) is 12.2. The topological polar surface area (TPSA) is 82.5 Å². The summed E-state index contributed by atoms with van der Waals surface area (Å²) in [6.45, 7) is 5.40. The number of benzene rings is 4. The SMILES string of the molecule is CC(C)(C)OC(=O)NC(Cc1cn(C(c2ccccc2)(c2ccccc2)c2ccccc2)cn1)C(=O)OCc1ccccc1. The van der Waals surface area contributed by atoms with E-state index in [2.05, 4.69) is 46.3 Å². The number of carbonyl (C=O) groups excluding carboxylic acids is 2. The van der Waals surface area contributed by atoms with Crippen LogP contribution in [0.15, 0.2) is 134 Å². The van der Waals surface area contributed by atoms with Crippen molar-refractivity contribution in [2.75, 3.05) is 0 Å². The smallest absolute Gasteiger partial charge is 0.408 e. The van der Waals surface area contributed by atoms with Crippen LogP contribution in [0.2, 0.25) is 0 Å². The van der Waals surface area contributed by atoms with Crippen LogP contribution < -0.4 is 5.32 Å². The highest BCUT2D eigenvalue weighted by molar-refractivity contribution is 5.81. The van der Waals surface area contributed by atoms with E-state index >= 15 is 0 Å². The first-order valence-corrected chi connectivity index (χ1v) is 14.7. The van der Waals surface area contributed by atoms with Crippen molar-refractivity contribution in [1.29, 1.82) is 0 Å². The minimum Gasteiger partial charge on any atom is -0.459 e. The molecule has 1 heterocycles. The Hall–Kier alpha value is -5.17. The molecule has 44 heavy (non-hydrogen) atoms. The maximum absolute atomic E-state index is 13.4. The number of esters is 1. The van der Waals surface area contributed by atoms with E-state index in [1.54, 1.807) is 27.1 Å². The average molecular weight is 588 g/mol. The van der Waals surface area contributed by atoms with Gasteiger partial charge in [-0.05, 0) is 43.0 Å². The minimum absolute atomic E-state index is 0.0831. The largest absolute Gasteiger partial charge is 0.459 e. The van der Waals surface area contributed by atoms with Crippen molar-refractivity contribution >= 4 is 12.1 Å². The molecule has 0 saturated heterocycles. The highest BCUT2D eigenvalue weighted by atomic mass is 16.6. The Kier molecular flexibility index (Phi) is 9.24. The zero-order chi connectivity index (χ0) is 31.0. The number of carbonyl (C=O) groups is 2. The molecule has 0 bridgehead atoms. The van der Waals surface area contributed by atoms with Gasteiger partial charge in [-0.25, -0.2) is 14.6 Å². The Labute approximate surface area is 258 Å². The van der Waals surface area contributed by atoms with E-state index in [4.69, 9.17) is 14.5 Å². The standard InChI is InChI=1S/C37H37N3O4/c1-36(2,3)44-35(42)39-33(34(41)43-26-28-16-8-4-9-17-28)24-32-25-40(27-38-32)37(29-18-10-5-11-19-29,30-20-12-6-13-21-30)31-22-14-7-15-23-31/h4-23,25,27,33H,24,26H2,1-3H3,(H,39,42). The van der Waals surface area contributed by atoms with Crippen molar-refractivity contribution in [2.24, 2.45) is 0 Å². The van der Waals surface area contributed by atoms with Crippen molar-refractivity contribution in [2.45, 2.75) is 51.0 Å². The number of alkyl carbamates (subject to hydrolysis) is 1. The molecule has 4 aromatic carbocycles. The van der Waals surface area contributed by atoms with Crippen LogP contribution in [0, 0.1) is 0 Å². The molecule has 7 nitrogen and oxygen atoms in total. The summed E-state index contributed by atoms with van der Waals surface area (Å²) >= 11 is 0. The Morgan fingerprint density at radius 2 is 1.23 bits per heavy atom. The van der Waals surface area contributed by atoms with Gasteiger partial charge in [0, 0.05) is 12.6 Å². The van der Waals surface area contributed by atoms with E-state index in [0.29, 0.717) is 5.69 Å². The van der Waals surface area contributed by atoms with Crippen LogP contribution >= 0.6 is 0 Å². The number of aromatic nitrogens is 2. The van der Waals surface area contributed by atoms with Gasteiger partial charge in [0.15, 0.2) is 0 Å². The van der Waals surface area contributed by atoms with Gasteiger partial charge in [0.1, 0.15) is 23.8 Å². The summed E-state index contributed by atoms with van der Waals surface area (Å²) in [4.78, 5) is 30.9. The van der Waals surface area contributed by atoms with Crippen molar-refractivity contribution in [3.8, 4) is 0 Å². The second-order valence-corrected chi connectivity index (χ2v) is 11.6. The number of rotatable bonds is 10. The van der Waals surface area contributed by atoms with Crippen LogP contribution in [0.3, 0.4) is 0 Å². The van der Waals surface area contributed by atoms with Gasteiger partial charge >= 0.3 is 12.1 Å². The quantitative estimate of drug-likeness (QED) is 0.142. The lowest BCUT2D eigenvalue weighted by Crippen LogP contribution is -2.45. The maximum Gasteiger partial charge on any atom is 0.408 e. The van der Waals surface area contributed by atoms with E-state index in [0.717, 1.165) is 22.3 Å². The van der Waals surface area contributed by atoms with Gasteiger partial charge < -0.3 is 19.4 Å². The van der Waals surface area contributed by atoms with Crippen LogP contribution in [0.25, 0.3) is 0 Å². The first kappa shape index (κ1) is 30.3. The number of nitrogens with zero attached hydrogens (tertiary/aromatic N) is 2. The van der Waals surface area contributed by atoms with Crippen LogP contribution in [0.5, 0.6) is 0 Å². The van der Waals surface area contributed by atoms with Gasteiger partial charge in [-0.2, -0.15) is 0 Å². The molecule has 224 valence electrons. The van der Waals surface area contributed by atoms with Gasteiger partial charge in [-0.1, -0.05) is 121 Å². The molecule has 0 spiro atoms. The number of nitrogens with one attached hydrogen (secondary N) is 1. The first-order valence-electron chi connectivity index (χ1n) is 14.7. The van der Waals surface area contributed by atoms with Crippen LogP contribution in [0.1, 0.15) is 48.7 Å². The Bertz CT molecular complexity index is 1550. The number of amides is 1. The third-order valence-electron chi connectivity index (χ3n) is 7.21. The highest BCUT2D eigenvalue weighted by Crippen LogP contribution is 2.40. The van der Waals surface area contributed by atoms with Crippen molar-refractivity contribution in [1.82, 2.24) is 14.9 Å². The number of imidazole rings is 1. The van der Waals surface area contributed by atoms with Gasteiger partial charge in [-0.3, -0.25) is 0 Å². The zero-order valence-corrected chi connectivity index (χ0v) is 25.2. The second kappa shape index (κ2) is 13.4. The lowest BCUT2D eigenvalue weighted by Gasteiger charge is -2.37. The van der Waals surface area contributed by atoms with E-state index in [9.17, 15) is 9.59 Å². The molecular weight excluding hydrogens is 550 g/mol. The summed E-state index contributed by atoms with van der Waals surface area (Å²) in [5.41, 5.74) is 3.11. The molecule has 7 heteroatoms. The fourth-order valence-electron chi connectivity index (χ4n) is 5.32. The second-order valence-electron chi connectivity index (χ2n) is 11.6. The lowest BCUT2D eigenvalue weighted by molar-refractivity contribution is -0.147. The minimum atomic E-state index is -1.02. The predicted molar refractivity (Wildman–Crippen MR) is 170 cm³/mol. The van der Waals surface area contributed by atoms with Crippen molar-refractivity contribution in [3.05, 3.63) is 162 Å². The summed E-state index contributed by atoms with van der Waals surface area (Å²) in [7, 11) is 0. The zero-order valence-electron chi connectivity index (χ0n) is 25.2. The van der Waals surface area contributed by atoms with Gasteiger partial charge in [0.2, 0.25) is 0 Å². The molecule has 1 unspecified atom stereocenters. The predicted octanol–water partition coefficient (Wildman–Crippen LogP) is 6.90. The van der Waals surface area contributed by atoms with Gasteiger partial charge in [0.25, 0.3) is 0 Å². The molecule has 1 N–H and O–H groups in total. The maximum atomic E-state index is 13.4. The lowest BCUT2D eigenvalue weighted by atomic mass is 9.77. The summed E-state index contributed by atoms with van der Waals surface area (Å²) in [5.74, 6) is -0.574. The third-order valence-corrected chi connectivity index (χ3v) is 7.21. The number of ether oxygens (including phenoxy) is 2. The molecule has 0 aliphatic rings. The summed E-state index contributed by atoms with van der Waals surface area (Å²) in [5, 5.41) is 2.72. The van der Waals surface area contributed by atoms with E-state index in [1.165, 1.54) is 0 Å². The Balaban J connectivity index is 1.52. The first-order chi connectivity index (χ1) is 21.3. The highest BCUT2D eigenvalue weighted by Gasteiger charge is 2.38. The monoisotopic (exact) mass is 587 g/mol. The molecule has 0 aliphatic heterocycles. The van der Waals surface area contributed by atoms with E-state index in [-0.39, 0.29) is 13.0 Å². The summed E-state index contributed by atoms with van der Waals surface area (Å²) in [6, 6.07) is 39.2. The summed E-state index contributed by atoms with van der Waals surface area (Å²) in [6.07, 6.45) is 3.11. The van der Waals surface area contributed by atoms with E-state index in [1.807, 2.05) is 91.1 Å². The van der Waals surface area contributed by atoms with Crippen LogP contribution in [-0.2, 0) is 32.8 Å². The Morgan fingerprint density at radius 1 is 0.750 bits per heavy atom. The number of hydrogen-bond acceptors (Lipinski definition) is 5. The molecule has 1 aromatic heterocycles. The molecule has 0 radical (unpaired) electrons. The molecule has 5 rings (SSSR count). The molecule has 5 aromatic rings. The fourth-order valence-corrected chi connectivity index (χ4v) is 5.32. The molecule has 0 fully saturated rings. The van der Waals surface area contributed by atoms with E-state index < -0.39 is 29.2 Å².